The van der Waals surface area contributed by atoms with Gasteiger partial charge in [0, 0.05) is 36.2 Å². The molecule has 1 aromatic heterocycles. The van der Waals surface area contributed by atoms with E-state index >= 15 is 0 Å². The highest BCUT2D eigenvalue weighted by Crippen LogP contribution is 2.29. The van der Waals surface area contributed by atoms with Gasteiger partial charge >= 0.3 is 0 Å². The lowest BCUT2D eigenvalue weighted by molar-refractivity contribution is 0.0640. The van der Waals surface area contributed by atoms with Gasteiger partial charge in [-0.15, -0.1) is 0 Å². The highest BCUT2D eigenvalue weighted by atomic mass is 16.2. The molecule has 0 spiro atoms. The molecule has 7 heteroatoms. The van der Waals surface area contributed by atoms with Crippen molar-refractivity contribution in [2.24, 2.45) is 0 Å². The van der Waals surface area contributed by atoms with Crippen LogP contribution in [0.1, 0.15) is 37.7 Å². The Morgan fingerprint density at radius 2 is 1.43 bits per heavy atom. The van der Waals surface area contributed by atoms with Crippen molar-refractivity contribution < 1.29 is 9.59 Å². The Kier molecular flexibility index (Phi) is 7.66. The van der Waals surface area contributed by atoms with Crippen LogP contribution in [0.3, 0.4) is 0 Å². The Hall–Kier alpha value is -5.01. The van der Waals surface area contributed by atoms with Crippen LogP contribution in [0.15, 0.2) is 115 Å². The van der Waals surface area contributed by atoms with E-state index in [0.29, 0.717) is 30.0 Å². The first kappa shape index (κ1) is 27.2. The molecule has 1 atom stereocenters. The second-order valence-electron chi connectivity index (χ2n) is 10.5. The molecule has 0 saturated carbocycles. The van der Waals surface area contributed by atoms with Crippen LogP contribution in [-0.4, -0.2) is 46.1 Å². The number of benzene rings is 4. The fourth-order valence-corrected chi connectivity index (χ4v) is 5.71. The Bertz CT molecular complexity index is 1670. The van der Waals surface area contributed by atoms with Crippen LogP contribution in [0.2, 0.25) is 0 Å². The first-order valence-electron chi connectivity index (χ1n) is 14.2. The van der Waals surface area contributed by atoms with E-state index < -0.39 is 0 Å². The van der Waals surface area contributed by atoms with Gasteiger partial charge < -0.3 is 10.2 Å². The van der Waals surface area contributed by atoms with Gasteiger partial charge in [0.05, 0.1) is 11.3 Å². The second kappa shape index (κ2) is 11.8. The minimum atomic E-state index is -0.250. The SMILES string of the molecule is CNC[C@@H]1Cc2ccccc2CN1C(=O)c1ccccc1-n1nc(C(=O)N(c2ccccc2)c2ccccc2)cc1C. The van der Waals surface area contributed by atoms with Gasteiger partial charge in [-0.1, -0.05) is 72.8 Å². The Morgan fingerprint density at radius 1 is 0.833 bits per heavy atom. The lowest BCUT2D eigenvalue weighted by atomic mass is 9.93. The summed E-state index contributed by atoms with van der Waals surface area (Å²) in [5, 5.41) is 8.03. The van der Waals surface area contributed by atoms with Crippen LogP contribution >= 0.6 is 0 Å². The standard InChI is InChI=1S/C35H33N5O2/c1-25-21-32(35(42)39(28-15-5-3-6-16-28)29-17-7-4-8-18-29)37-40(25)33-20-12-11-19-31(33)34(41)38-24-27-14-10-9-13-26(27)22-30(38)23-36-2/h3-21,30,36H,22-24H2,1-2H3/t30-/m0/s1. The van der Waals surface area contributed by atoms with Crippen LogP contribution in [0, 0.1) is 6.92 Å². The fourth-order valence-electron chi connectivity index (χ4n) is 5.71. The molecule has 0 unspecified atom stereocenters. The molecule has 2 amide bonds. The number of likely N-dealkylation sites (N-methyl/N-ethyl adjacent to an activating group) is 1. The van der Waals surface area contributed by atoms with Crippen molar-refractivity contribution >= 4 is 23.2 Å². The van der Waals surface area contributed by atoms with Crippen LogP contribution in [0.4, 0.5) is 11.4 Å². The van der Waals surface area contributed by atoms with Crippen molar-refractivity contribution in [2.45, 2.75) is 25.9 Å². The van der Waals surface area contributed by atoms with Crippen LogP contribution in [0.25, 0.3) is 5.69 Å². The summed E-state index contributed by atoms with van der Waals surface area (Å²) in [7, 11) is 1.91. The smallest absolute Gasteiger partial charge is 0.283 e. The van der Waals surface area contributed by atoms with Gasteiger partial charge in [0.25, 0.3) is 11.8 Å². The second-order valence-corrected chi connectivity index (χ2v) is 10.5. The maximum absolute atomic E-state index is 14.2. The third-order valence-corrected chi connectivity index (χ3v) is 7.76. The number of nitrogens with zero attached hydrogens (tertiary/aromatic N) is 4. The highest BCUT2D eigenvalue weighted by molar-refractivity contribution is 6.10. The van der Waals surface area contributed by atoms with Crippen LogP contribution in [-0.2, 0) is 13.0 Å². The van der Waals surface area contributed by atoms with Crippen molar-refractivity contribution in [2.75, 3.05) is 18.5 Å². The van der Waals surface area contributed by atoms with Crippen molar-refractivity contribution in [3.63, 3.8) is 0 Å². The predicted octanol–water partition coefficient (Wildman–Crippen LogP) is 5.95. The number of fused-ring (bicyclic) bond motifs is 1. The number of anilines is 2. The lowest BCUT2D eigenvalue weighted by Crippen LogP contribution is -2.48. The van der Waals surface area contributed by atoms with Crippen molar-refractivity contribution in [3.8, 4) is 5.69 Å². The van der Waals surface area contributed by atoms with E-state index in [-0.39, 0.29) is 17.9 Å². The minimum Gasteiger partial charge on any atom is -0.330 e. The molecule has 4 aromatic carbocycles. The van der Waals surface area contributed by atoms with Crippen molar-refractivity contribution in [3.05, 3.63) is 143 Å². The summed E-state index contributed by atoms with van der Waals surface area (Å²) in [6.45, 7) is 3.14. The first-order valence-corrected chi connectivity index (χ1v) is 14.2. The van der Waals surface area contributed by atoms with Crippen molar-refractivity contribution in [1.29, 1.82) is 0 Å². The fraction of sp³-hybridized carbons (Fsp3) is 0.171. The Morgan fingerprint density at radius 3 is 2.10 bits per heavy atom. The monoisotopic (exact) mass is 555 g/mol. The normalized spacial score (nSPS) is 14.3. The van der Waals surface area contributed by atoms with Gasteiger partial charge in [0.1, 0.15) is 0 Å². The van der Waals surface area contributed by atoms with Gasteiger partial charge in [-0.05, 0) is 74.0 Å². The number of para-hydroxylation sites is 3. The van der Waals surface area contributed by atoms with Gasteiger partial charge in [0.15, 0.2) is 5.69 Å². The summed E-state index contributed by atoms with van der Waals surface area (Å²) in [5.74, 6) is -0.307. The number of carbonyl (C=O) groups is 2. The number of hydrogen-bond donors (Lipinski definition) is 1. The molecule has 2 heterocycles. The summed E-state index contributed by atoms with van der Waals surface area (Å²) in [4.78, 5) is 31.8. The summed E-state index contributed by atoms with van der Waals surface area (Å²) in [6, 6.07) is 36.7. The van der Waals surface area contributed by atoms with E-state index in [1.54, 1.807) is 15.6 Å². The lowest BCUT2D eigenvalue weighted by Gasteiger charge is -2.37. The van der Waals surface area contributed by atoms with Gasteiger partial charge in [-0.25, -0.2) is 4.68 Å². The number of hydrogen-bond acceptors (Lipinski definition) is 4. The minimum absolute atomic E-state index is 0.0200. The molecule has 1 aliphatic heterocycles. The largest absolute Gasteiger partial charge is 0.330 e. The topological polar surface area (TPSA) is 70.5 Å². The zero-order chi connectivity index (χ0) is 29.1. The number of aromatic nitrogens is 2. The van der Waals surface area contributed by atoms with Gasteiger partial charge in [-0.3, -0.25) is 14.5 Å². The third-order valence-electron chi connectivity index (χ3n) is 7.76. The third kappa shape index (κ3) is 5.22. The van der Waals surface area contributed by atoms with Gasteiger partial charge in [0.2, 0.25) is 0 Å². The Labute approximate surface area is 246 Å². The molecule has 6 rings (SSSR count). The molecule has 0 bridgehead atoms. The maximum atomic E-state index is 14.2. The van der Waals surface area contributed by atoms with E-state index in [1.807, 2.05) is 110 Å². The van der Waals surface area contributed by atoms with E-state index in [2.05, 4.69) is 23.5 Å². The highest BCUT2D eigenvalue weighted by Gasteiger charge is 2.32. The molecule has 1 aliphatic rings. The zero-order valence-electron chi connectivity index (χ0n) is 23.8. The zero-order valence-corrected chi connectivity index (χ0v) is 23.8. The van der Waals surface area contributed by atoms with E-state index in [9.17, 15) is 9.59 Å². The number of aryl methyl sites for hydroxylation is 1. The molecule has 0 radical (unpaired) electrons. The summed E-state index contributed by atoms with van der Waals surface area (Å²) in [6.07, 6.45) is 0.791. The number of nitrogens with one attached hydrogen (secondary N) is 1. The number of rotatable bonds is 7. The molecule has 42 heavy (non-hydrogen) atoms. The molecular weight excluding hydrogens is 522 g/mol. The molecule has 5 aromatic rings. The van der Waals surface area contributed by atoms with Gasteiger partial charge in [-0.2, -0.15) is 5.10 Å². The maximum Gasteiger partial charge on any atom is 0.283 e. The summed E-state index contributed by atoms with van der Waals surface area (Å²) in [5.41, 5.74) is 6.19. The van der Waals surface area contributed by atoms with E-state index in [4.69, 9.17) is 5.10 Å². The molecule has 0 fully saturated rings. The molecule has 0 saturated heterocycles. The van der Waals surface area contributed by atoms with Crippen molar-refractivity contribution in [1.82, 2.24) is 20.0 Å². The van der Waals surface area contributed by atoms with E-state index in [1.165, 1.54) is 11.1 Å². The van der Waals surface area contributed by atoms with E-state index in [0.717, 1.165) is 23.5 Å². The predicted molar refractivity (Wildman–Crippen MR) is 165 cm³/mol. The molecule has 1 N–H and O–H groups in total. The average molecular weight is 556 g/mol. The quantitative estimate of drug-likeness (QED) is 0.270. The Balaban J connectivity index is 1.36. The molecular formula is C35H33N5O2. The molecule has 0 aliphatic carbocycles. The first-order chi connectivity index (χ1) is 20.5. The van der Waals surface area contributed by atoms with Crippen LogP contribution < -0.4 is 10.2 Å². The molecule has 210 valence electrons. The molecule has 7 nitrogen and oxygen atoms in total. The average Bonchev–Trinajstić information content (AvgIpc) is 3.43. The number of amides is 2. The number of carbonyl (C=O) groups excluding carboxylic acids is 2. The summed E-state index contributed by atoms with van der Waals surface area (Å²) < 4.78 is 1.71. The van der Waals surface area contributed by atoms with Crippen LogP contribution in [0.5, 0.6) is 0 Å². The summed E-state index contributed by atoms with van der Waals surface area (Å²) >= 11 is 0.